The highest BCUT2D eigenvalue weighted by Gasteiger charge is 2.19. The molecule has 2 aromatic heterocycles. The number of hydrogen-bond donors (Lipinski definition) is 0. The van der Waals surface area contributed by atoms with Crippen molar-refractivity contribution in [1.82, 2.24) is 9.97 Å². The predicted octanol–water partition coefficient (Wildman–Crippen LogP) is 7.31. The van der Waals surface area contributed by atoms with E-state index < -0.39 is 0 Å². The van der Waals surface area contributed by atoms with Gasteiger partial charge in [0.25, 0.3) is 0 Å². The largest absolute Gasteiger partial charge is 0.260 e. The molecular weight excluding hydrogens is 364 g/mol. The van der Waals surface area contributed by atoms with Crippen molar-refractivity contribution in [2.24, 2.45) is 0 Å². The van der Waals surface area contributed by atoms with Gasteiger partial charge in [0.05, 0.1) is 5.69 Å². The molecule has 2 heteroatoms. The average molecular weight is 393 g/mol. The normalized spacial score (nSPS) is 13.0. The fourth-order valence-electron chi connectivity index (χ4n) is 4.61. The first-order valence-electron chi connectivity index (χ1n) is 11.0. The standard InChI is InChI=1S/C28H28N2/c1-17(2)24-12-22(11-19-7-5-6-8-23(19)24)28-14-25-21(15-29-28)10-9-20-13-27(18(3)4)30-16-26(20)25/h5-8,11-18H,9-10H2,1-4H3. The molecule has 0 aliphatic heterocycles. The molecule has 0 unspecified atom stereocenters. The fraction of sp³-hybridized carbons (Fsp3) is 0.286. The maximum atomic E-state index is 4.87. The Bertz CT molecular complexity index is 1250. The van der Waals surface area contributed by atoms with Crippen molar-refractivity contribution in [3.63, 3.8) is 0 Å². The van der Waals surface area contributed by atoms with Crippen LogP contribution in [-0.2, 0) is 12.8 Å². The molecule has 2 aromatic carbocycles. The number of hydrogen-bond acceptors (Lipinski definition) is 2. The Hall–Kier alpha value is -3.00. The highest BCUT2D eigenvalue weighted by Crippen LogP contribution is 2.37. The second kappa shape index (κ2) is 7.36. The number of pyridine rings is 2. The van der Waals surface area contributed by atoms with E-state index in [1.54, 1.807) is 0 Å². The maximum Gasteiger partial charge on any atom is 0.0708 e. The lowest BCUT2D eigenvalue weighted by atomic mass is 9.85. The van der Waals surface area contributed by atoms with Crippen LogP contribution in [0.25, 0.3) is 33.2 Å². The molecule has 2 nitrogen and oxygen atoms in total. The van der Waals surface area contributed by atoms with E-state index in [9.17, 15) is 0 Å². The van der Waals surface area contributed by atoms with E-state index in [1.807, 2.05) is 0 Å². The van der Waals surface area contributed by atoms with E-state index >= 15 is 0 Å². The summed E-state index contributed by atoms with van der Waals surface area (Å²) >= 11 is 0. The zero-order chi connectivity index (χ0) is 20.8. The van der Waals surface area contributed by atoms with Crippen molar-refractivity contribution in [1.29, 1.82) is 0 Å². The summed E-state index contributed by atoms with van der Waals surface area (Å²) < 4.78 is 0. The average Bonchev–Trinajstić information content (AvgIpc) is 2.77. The van der Waals surface area contributed by atoms with E-state index in [0.29, 0.717) is 11.8 Å². The van der Waals surface area contributed by atoms with Gasteiger partial charge in [-0.1, -0.05) is 52.0 Å². The summed E-state index contributed by atoms with van der Waals surface area (Å²) in [4.78, 5) is 9.62. The molecule has 2 heterocycles. The number of benzene rings is 2. The number of aryl methyl sites for hydroxylation is 2. The third kappa shape index (κ3) is 3.21. The first kappa shape index (κ1) is 19.0. The van der Waals surface area contributed by atoms with Gasteiger partial charge in [-0.05, 0) is 82.0 Å². The van der Waals surface area contributed by atoms with E-state index in [0.717, 1.165) is 18.5 Å². The van der Waals surface area contributed by atoms with Crippen molar-refractivity contribution < 1.29 is 0 Å². The summed E-state index contributed by atoms with van der Waals surface area (Å²) in [6, 6.07) is 17.9. The Morgan fingerprint density at radius 1 is 0.733 bits per heavy atom. The summed E-state index contributed by atoms with van der Waals surface area (Å²) in [6.45, 7) is 8.94. The van der Waals surface area contributed by atoms with Crippen LogP contribution in [0.5, 0.6) is 0 Å². The molecule has 5 rings (SSSR count). The number of fused-ring (bicyclic) bond motifs is 4. The van der Waals surface area contributed by atoms with Gasteiger partial charge < -0.3 is 0 Å². The smallest absolute Gasteiger partial charge is 0.0708 e. The van der Waals surface area contributed by atoms with E-state index in [4.69, 9.17) is 9.97 Å². The first-order chi connectivity index (χ1) is 14.5. The lowest BCUT2D eigenvalue weighted by Crippen LogP contribution is -2.07. The molecule has 1 aliphatic carbocycles. The Morgan fingerprint density at radius 3 is 2.33 bits per heavy atom. The lowest BCUT2D eigenvalue weighted by molar-refractivity contribution is 0.811. The Balaban J connectivity index is 1.66. The summed E-state index contributed by atoms with van der Waals surface area (Å²) in [6.07, 6.45) is 6.27. The minimum atomic E-state index is 0.455. The molecule has 0 saturated heterocycles. The zero-order valence-electron chi connectivity index (χ0n) is 18.2. The minimum absolute atomic E-state index is 0.455. The number of nitrogens with zero attached hydrogens (tertiary/aromatic N) is 2. The van der Waals surface area contributed by atoms with Crippen LogP contribution >= 0.6 is 0 Å². The van der Waals surface area contributed by atoms with Crippen LogP contribution in [-0.4, -0.2) is 9.97 Å². The van der Waals surface area contributed by atoms with Gasteiger partial charge in [-0.3, -0.25) is 9.97 Å². The molecule has 0 atom stereocenters. The third-order valence-electron chi connectivity index (χ3n) is 6.35. The van der Waals surface area contributed by atoms with Gasteiger partial charge in [-0.25, -0.2) is 0 Å². The Morgan fingerprint density at radius 2 is 1.53 bits per heavy atom. The van der Waals surface area contributed by atoms with Gasteiger partial charge in [-0.2, -0.15) is 0 Å². The number of aromatic nitrogens is 2. The Labute approximate surface area is 179 Å². The molecule has 150 valence electrons. The second-order valence-corrected chi connectivity index (χ2v) is 9.09. The topological polar surface area (TPSA) is 25.8 Å². The molecule has 1 aliphatic rings. The van der Waals surface area contributed by atoms with Crippen LogP contribution in [0.3, 0.4) is 0 Å². The van der Waals surface area contributed by atoms with Gasteiger partial charge in [0.2, 0.25) is 0 Å². The van der Waals surface area contributed by atoms with E-state index in [1.165, 1.54) is 49.8 Å². The highest BCUT2D eigenvalue weighted by atomic mass is 14.7. The van der Waals surface area contributed by atoms with Gasteiger partial charge >= 0.3 is 0 Å². The third-order valence-corrected chi connectivity index (χ3v) is 6.35. The van der Waals surface area contributed by atoms with E-state index in [2.05, 4.69) is 88.6 Å². The van der Waals surface area contributed by atoms with Gasteiger partial charge in [-0.15, -0.1) is 0 Å². The molecule has 0 saturated carbocycles. The molecule has 4 aromatic rings. The fourth-order valence-corrected chi connectivity index (χ4v) is 4.61. The maximum absolute atomic E-state index is 4.87. The van der Waals surface area contributed by atoms with E-state index in [-0.39, 0.29) is 0 Å². The van der Waals surface area contributed by atoms with Crippen LogP contribution in [0, 0.1) is 0 Å². The quantitative estimate of drug-likeness (QED) is 0.365. The number of rotatable bonds is 3. The molecule has 0 amide bonds. The van der Waals surface area contributed by atoms with Gasteiger partial charge in [0.15, 0.2) is 0 Å². The van der Waals surface area contributed by atoms with Crippen molar-refractivity contribution in [3.8, 4) is 22.4 Å². The van der Waals surface area contributed by atoms with Crippen molar-refractivity contribution >= 4 is 10.8 Å². The second-order valence-electron chi connectivity index (χ2n) is 9.09. The molecule has 0 spiro atoms. The van der Waals surface area contributed by atoms with Gasteiger partial charge in [0.1, 0.15) is 0 Å². The monoisotopic (exact) mass is 392 g/mol. The molecule has 0 radical (unpaired) electrons. The van der Waals surface area contributed by atoms with Crippen molar-refractivity contribution in [3.05, 3.63) is 83.3 Å². The molecular formula is C28H28N2. The zero-order valence-corrected chi connectivity index (χ0v) is 18.2. The summed E-state index contributed by atoms with van der Waals surface area (Å²) in [7, 11) is 0. The minimum Gasteiger partial charge on any atom is -0.260 e. The Kier molecular flexibility index (Phi) is 4.66. The van der Waals surface area contributed by atoms with Crippen LogP contribution in [0.2, 0.25) is 0 Å². The SMILES string of the molecule is CC(C)c1cc2c(cn1)-c1cc(-c3cc(C(C)C)c4ccccc4c3)ncc1CC2. The molecule has 0 fully saturated rings. The summed E-state index contributed by atoms with van der Waals surface area (Å²) in [5, 5.41) is 2.62. The molecule has 0 N–H and O–H groups in total. The predicted molar refractivity (Wildman–Crippen MR) is 126 cm³/mol. The van der Waals surface area contributed by atoms with Crippen molar-refractivity contribution in [2.45, 2.75) is 52.4 Å². The highest BCUT2D eigenvalue weighted by molar-refractivity contribution is 5.91. The first-order valence-corrected chi connectivity index (χ1v) is 11.0. The molecule has 0 bridgehead atoms. The van der Waals surface area contributed by atoms with Crippen molar-refractivity contribution in [2.75, 3.05) is 0 Å². The summed E-state index contributed by atoms with van der Waals surface area (Å²) in [5.74, 6) is 0.920. The molecule has 30 heavy (non-hydrogen) atoms. The van der Waals surface area contributed by atoms with Crippen LogP contribution in [0.1, 0.15) is 61.9 Å². The lowest BCUT2D eigenvalue weighted by Gasteiger charge is -2.21. The summed E-state index contributed by atoms with van der Waals surface area (Å²) in [5.41, 5.74) is 10.1. The van der Waals surface area contributed by atoms with Crippen LogP contribution in [0.4, 0.5) is 0 Å². The van der Waals surface area contributed by atoms with Crippen LogP contribution < -0.4 is 0 Å². The van der Waals surface area contributed by atoms with Gasteiger partial charge in [0, 0.05) is 29.2 Å². The van der Waals surface area contributed by atoms with Crippen LogP contribution in [0.15, 0.2) is 60.9 Å².